The molecule has 19 heavy (non-hydrogen) atoms. The highest BCUT2D eigenvalue weighted by atomic mass is 16.4. The molecule has 1 N–H and O–H groups in total. The molecule has 0 aliphatic carbocycles. The molecule has 1 aliphatic heterocycles. The highest BCUT2D eigenvalue weighted by Crippen LogP contribution is 2.18. The molecule has 0 radical (unpaired) electrons. The number of piperidine rings is 1. The Morgan fingerprint density at radius 2 is 1.95 bits per heavy atom. The lowest BCUT2D eigenvalue weighted by Gasteiger charge is -2.31. The molecule has 0 saturated carbocycles. The van der Waals surface area contributed by atoms with E-state index in [0.717, 1.165) is 22.4 Å². The Kier molecular flexibility index (Phi) is 3.88. The first-order valence-corrected chi connectivity index (χ1v) is 6.59. The van der Waals surface area contributed by atoms with Gasteiger partial charge in [0.1, 0.15) is 0 Å². The van der Waals surface area contributed by atoms with Crippen molar-refractivity contribution in [2.45, 2.75) is 27.2 Å². The quantitative estimate of drug-likeness (QED) is 0.623. The first-order chi connectivity index (χ1) is 9.01. The van der Waals surface area contributed by atoms with Crippen molar-refractivity contribution in [3.63, 3.8) is 0 Å². The normalized spacial score (nSPS) is 21.7. The third-order valence-electron chi connectivity index (χ3n) is 3.59. The minimum atomic E-state index is 0.0654. The summed E-state index contributed by atoms with van der Waals surface area (Å²) < 4.78 is 0. The van der Waals surface area contributed by atoms with E-state index in [4.69, 9.17) is 5.21 Å². The van der Waals surface area contributed by atoms with E-state index in [-0.39, 0.29) is 11.8 Å². The summed E-state index contributed by atoms with van der Waals surface area (Å²) in [4.78, 5) is 14.3. The number of carbonyl (C=O) groups excluding carboxylic acids is 1. The molecule has 1 unspecified atom stereocenters. The van der Waals surface area contributed by atoms with E-state index in [9.17, 15) is 4.79 Å². The molecule has 4 nitrogen and oxygen atoms in total. The van der Waals surface area contributed by atoms with Crippen molar-refractivity contribution in [3.8, 4) is 0 Å². The van der Waals surface area contributed by atoms with Gasteiger partial charge in [0.05, 0.1) is 5.71 Å². The average molecular weight is 260 g/mol. The van der Waals surface area contributed by atoms with Crippen LogP contribution in [0, 0.1) is 19.8 Å². The number of hydrogen-bond acceptors (Lipinski definition) is 3. The van der Waals surface area contributed by atoms with E-state index in [0.29, 0.717) is 19.5 Å². The fourth-order valence-electron chi connectivity index (χ4n) is 2.64. The number of hydrogen-bond donors (Lipinski definition) is 1. The van der Waals surface area contributed by atoms with Gasteiger partial charge in [-0.05, 0) is 26.0 Å². The van der Waals surface area contributed by atoms with Crippen LogP contribution in [0.3, 0.4) is 0 Å². The molecular formula is C15H20N2O2. The van der Waals surface area contributed by atoms with Crippen LogP contribution >= 0.6 is 0 Å². The van der Waals surface area contributed by atoms with Crippen LogP contribution in [-0.2, 0) is 0 Å². The van der Waals surface area contributed by atoms with E-state index in [2.05, 4.69) is 11.2 Å². The second kappa shape index (κ2) is 5.43. The standard InChI is InChI=1S/C15H20N2O2/c1-10-6-11(2)8-13(7-10)15(18)17-5-4-14(16-19)12(3)9-17/h6-8,12,19H,4-5,9H2,1-3H3/b16-14+. The maximum absolute atomic E-state index is 12.5. The first-order valence-electron chi connectivity index (χ1n) is 6.59. The molecular weight excluding hydrogens is 240 g/mol. The summed E-state index contributed by atoms with van der Waals surface area (Å²) in [5.74, 6) is 0.184. The largest absolute Gasteiger partial charge is 0.411 e. The number of carbonyl (C=O) groups is 1. The highest BCUT2D eigenvalue weighted by Gasteiger charge is 2.26. The van der Waals surface area contributed by atoms with E-state index in [1.807, 2.05) is 37.8 Å². The molecule has 0 aromatic heterocycles. The summed E-state index contributed by atoms with van der Waals surface area (Å²) in [6.45, 7) is 7.22. The molecule has 0 spiro atoms. The molecule has 1 heterocycles. The first kappa shape index (κ1) is 13.6. The van der Waals surface area contributed by atoms with Gasteiger partial charge in [-0.3, -0.25) is 4.79 Å². The Morgan fingerprint density at radius 1 is 1.32 bits per heavy atom. The molecule has 1 fully saturated rings. The van der Waals surface area contributed by atoms with Crippen LogP contribution < -0.4 is 0 Å². The van der Waals surface area contributed by atoms with Crippen molar-refractivity contribution in [2.24, 2.45) is 11.1 Å². The van der Waals surface area contributed by atoms with E-state index in [1.165, 1.54) is 0 Å². The zero-order chi connectivity index (χ0) is 14.0. The van der Waals surface area contributed by atoms with Gasteiger partial charge in [-0.25, -0.2) is 0 Å². The van der Waals surface area contributed by atoms with E-state index >= 15 is 0 Å². The number of nitrogens with zero attached hydrogens (tertiary/aromatic N) is 2. The van der Waals surface area contributed by atoms with Gasteiger partial charge < -0.3 is 10.1 Å². The van der Waals surface area contributed by atoms with Gasteiger partial charge >= 0.3 is 0 Å². The number of amides is 1. The third kappa shape index (κ3) is 2.95. The number of oxime groups is 1. The molecule has 1 aromatic carbocycles. The Labute approximate surface area is 113 Å². The average Bonchev–Trinajstić information content (AvgIpc) is 2.36. The van der Waals surface area contributed by atoms with Crippen molar-refractivity contribution in [1.29, 1.82) is 0 Å². The minimum Gasteiger partial charge on any atom is -0.411 e. The Balaban J connectivity index is 2.16. The van der Waals surface area contributed by atoms with Crippen LogP contribution in [-0.4, -0.2) is 34.8 Å². The van der Waals surface area contributed by atoms with Crippen LogP contribution in [0.1, 0.15) is 34.8 Å². The van der Waals surface area contributed by atoms with Gasteiger partial charge in [0.25, 0.3) is 5.91 Å². The summed E-state index contributed by atoms with van der Waals surface area (Å²) in [5.41, 5.74) is 3.73. The summed E-state index contributed by atoms with van der Waals surface area (Å²) in [6.07, 6.45) is 0.647. The summed E-state index contributed by atoms with van der Waals surface area (Å²) in [6, 6.07) is 5.91. The molecule has 1 aromatic rings. The van der Waals surface area contributed by atoms with Crippen molar-refractivity contribution < 1.29 is 10.0 Å². The van der Waals surface area contributed by atoms with Gasteiger partial charge in [-0.2, -0.15) is 0 Å². The molecule has 1 atom stereocenters. The summed E-state index contributed by atoms with van der Waals surface area (Å²) in [5, 5.41) is 12.2. The molecule has 2 rings (SSSR count). The number of likely N-dealkylation sites (tertiary alicyclic amines) is 1. The van der Waals surface area contributed by atoms with Crippen LogP contribution in [0.5, 0.6) is 0 Å². The predicted octanol–water partition coefficient (Wildman–Crippen LogP) is 2.62. The van der Waals surface area contributed by atoms with Crippen LogP contribution in [0.15, 0.2) is 23.4 Å². The van der Waals surface area contributed by atoms with Crippen LogP contribution in [0.2, 0.25) is 0 Å². The molecule has 4 heteroatoms. The van der Waals surface area contributed by atoms with E-state index in [1.54, 1.807) is 0 Å². The molecule has 1 amide bonds. The van der Waals surface area contributed by atoms with Crippen molar-refractivity contribution >= 4 is 11.6 Å². The van der Waals surface area contributed by atoms with Crippen molar-refractivity contribution in [2.75, 3.05) is 13.1 Å². The van der Waals surface area contributed by atoms with Gasteiger partial charge in [0.2, 0.25) is 0 Å². The van der Waals surface area contributed by atoms with Crippen molar-refractivity contribution in [3.05, 3.63) is 34.9 Å². The Bertz CT molecular complexity index is 503. The second-order valence-electron chi connectivity index (χ2n) is 5.37. The maximum Gasteiger partial charge on any atom is 0.253 e. The Morgan fingerprint density at radius 3 is 2.47 bits per heavy atom. The number of rotatable bonds is 1. The maximum atomic E-state index is 12.5. The molecule has 0 bridgehead atoms. The lowest BCUT2D eigenvalue weighted by atomic mass is 9.96. The van der Waals surface area contributed by atoms with Gasteiger partial charge in [-0.15, -0.1) is 0 Å². The topological polar surface area (TPSA) is 52.9 Å². The Hall–Kier alpha value is -1.84. The van der Waals surface area contributed by atoms with Gasteiger partial charge in [-0.1, -0.05) is 29.3 Å². The second-order valence-corrected chi connectivity index (χ2v) is 5.37. The van der Waals surface area contributed by atoms with Crippen LogP contribution in [0.25, 0.3) is 0 Å². The number of aryl methyl sites for hydroxylation is 2. The molecule has 1 saturated heterocycles. The lowest BCUT2D eigenvalue weighted by Crippen LogP contribution is -2.43. The monoisotopic (exact) mass is 260 g/mol. The van der Waals surface area contributed by atoms with Gasteiger partial charge in [0, 0.05) is 31.0 Å². The fourth-order valence-corrected chi connectivity index (χ4v) is 2.64. The smallest absolute Gasteiger partial charge is 0.253 e. The summed E-state index contributed by atoms with van der Waals surface area (Å²) >= 11 is 0. The zero-order valence-electron chi connectivity index (χ0n) is 11.7. The van der Waals surface area contributed by atoms with Crippen molar-refractivity contribution in [1.82, 2.24) is 4.90 Å². The predicted molar refractivity (Wildman–Crippen MR) is 74.8 cm³/mol. The SMILES string of the molecule is Cc1cc(C)cc(C(=O)N2CC/C(=N\O)C(C)C2)c1. The zero-order valence-corrected chi connectivity index (χ0v) is 11.7. The van der Waals surface area contributed by atoms with Gasteiger partial charge in [0.15, 0.2) is 0 Å². The van der Waals surface area contributed by atoms with E-state index < -0.39 is 0 Å². The minimum absolute atomic E-state index is 0.0654. The third-order valence-corrected chi connectivity index (χ3v) is 3.59. The highest BCUT2D eigenvalue weighted by molar-refractivity contribution is 5.96. The fraction of sp³-hybridized carbons (Fsp3) is 0.467. The molecule has 1 aliphatic rings. The van der Waals surface area contributed by atoms with Crippen LogP contribution in [0.4, 0.5) is 0 Å². The number of benzene rings is 1. The summed E-state index contributed by atoms with van der Waals surface area (Å²) in [7, 11) is 0. The lowest BCUT2D eigenvalue weighted by molar-refractivity contribution is 0.0734. The molecule has 102 valence electrons.